The summed E-state index contributed by atoms with van der Waals surface area (Å²) in [7, 11) is -0.614. The molecule has 0 aliphatic carbocycles. The first-order valence-electron chi connectivity index (χ1n) is 5.88. The van der Waals surface area contributed by atoms with Crippen LogP contribution in [0, 0.1) is 0 Å². The molecule has 2 aromatic rings. The summed E-state index contributed by atoms with van der Waals surface area (Å²) in [6.07, 6.45) is 0.867. The molecule has 0 saturated carbocycles. The summed E-state index contributed by atoms with van der Waals surface area (Å²) >= 11 is 0.202. The van der Waals surface area contributed by atoms with E-state index in [9.17, 15) is 9.46 Å². The van der Waals surface area contributed by atoms with Gasteiger partial charge in [0.15, 0.2) is 0 Å². The number of phosphoric acid groups is 1. The fourth-order valence-electron chi connectivity index (χ4n) is 1.89. The van der Waals surface area contributed by atoms with Gasteiger partial charge in [-0.15, -0.1) is 0 Å². The molecule has 0 spiro atoms. The minimum absolute atomic E-state index is 0.202. The molecule has 0 radical (unpaired) electrons. The molecule has 1 unspecified atom stereocenters. The van der Waals surface area contributed by atoms with E-state index in [2.05, 4.69) is 19.0 Å². The third-order valence-electron chi connectivity index (χ3n) is 2.75. The van der Waals surface area contributed by atoms with Gasteiger partial charge in [-0.25, -0.2) is 0 Å². The molecule has 1 aromatic heterocycles. The molecule has 1 atom stereocenters. The number of hydrogen-bond donors (Lipinski definition) is 2. The molecule has 0 amide bonds. The molecule has 2 rings (SSSR count). The summed E-state index contributed by atoms with van der Waals surface area (Å²) in [5.74, 6) is 0.234. The Morgan fingerprint density at radius 2 is 2.21 bits per heavy atom. The Hall–Kier alpha value is -0.611. The summed E-state index contributed by atoms with van der Waals surface area (Å²) < 4.78 is 16.7. The van der Waals surface area contributed by atoms with Crippen molar-refractivity contribution < 1.29 is 23.8 Å². The molecule has 0 aliphatic rings. The van der Waals surface area contributed by atoms with Crippen molar-refractivity contribution in [2.75, 3.05) is 20.6 Å². The average molecular weight is 348 g/mol. The van der Waals surface area contributed by atoms with E-state index < -0.39 is 7.82 Å². The molecule has 0 bridgehead atoms. The van der Waals surface area contributed by atoms with Gasteiger partial charge in [0.25, 0.3) is 0 Å². The molecule has 19 heavy (non-hydrogen) atoms. The quantitative estimate of drug-likeness (QED) is 0.560. The SMILES string of the molecule is C[NH+](C)CCc1c[se]c2cccc(OP(=O)([O-])O)c12. The van der Waals surface area contributed by atoms with Crippen molar-refractivity contribution >= 4 is 32.0 Å². The number of nitrogens with one attached hydrogen (secondary N) is 1. The van der Waals surface area contributed by atoms with Crippen LogP contribution in [0.4, 0.5) is 0 Å². The van der Waals surface area contributed by atoms with Crippen molar-refractivity contribution in [1.29, 1.82) is 0 Å². The van der Waals surface area contributed by atoms with Gasteiger partial charge in [-0.05, 0) is 0 Å². The first kappa shape index (κ1) is 14.8. The summed E-state index contributed by atoms with van der Waals surface area (Å²) in [6.45, 7) is 0.962. The number of benzene rings is 1. The Morgan fingerprint density at radius 1 is 1.47 bits per heavy atom. The van der Waals surface area contributed by atoms with Crippen molar-refractivity contribution in [2.24, 2.45) is 0 Å². The normalized spacial score (nSPS) is 14.8. The van der Waals surface area contributed by atoms with Crippen LogP contribution in [-0.2, 0) is 11.0 Å². The summed E-state index contributed by atoms with van der Waals surface area (Å²) in [5.41, 5.74) is 1.11. The zero-order chi connectivity index (χ0) is 14.0. The molecule has 5 nitrogen and oxygen atoms in total. The van der Waals surface area contributed by atoms with Crippen LogP contribution in [0.5, 0.6) is 5.75 Å². The summed E-state index contributed by atoms with van der Waals surface area (Å²) in [6, 6.07) is 5.30. The number of likely N-dealkylation sites (N-methyl/N-ethyl adjacent to an activating group) is 1. The van der Waals surface area contributed by atoms with Crippen LogP contribution >= 0.6 is 7.82 Å². The van der Waals surface area contributed by atoms with Gasteiger partial charge in [-0.3, -0.25) is 0 Å². The third kappa shape index (κ3) is 3.93. The fraction of sp³-hybridized carbons (Fsp3) is 0.333. The van der Waals surface area contributed by atoms with Crippen LogP contribution in [0.2, 0.25) is 0 Å². The van der Waals surface area contributed by atoms with Gasteiger partial charge >= 0.3 is 117 Å². The van der Waals surface area contributed by atoms with E-state index in [0.29, 0.717) is 0 Å². The van der Waals surface area contributed by atoms with Crippen LogP contribution in [0.15, 0.2) is 23.1 Å². The van der Waals surface area contributed by atoms with Crippen molar-refractivity contribution in [2.45, 2.75) is 6.42 Å². The van der Waals surface area contributed by atoms with Gasteiger partial charge in [-0.2, -0.15) is 0 Å². The average Bonchev–Trinajstić information content (AvgIpc) is 2.68. The molecule has 2 N–H and O–H groups in total. The monoisotopic (exact) mass is 349 g/mol. The van der Waals surface area contributed by atoms with Gasteiger partial charge < -0.3 is 0 Å². The summed E-state index contributed by atoms with van der Waals surface area (Å²) in [5, 5.41) is 0.842. The summed E-state index contributed by atoms with van der Waals surface area (Å²) in [4.78, 5) is 23.3. The van der Waals surface area contributed by atoms with E-state index in [1.165, 1.54) is 4.90 Å². The van der Waals surface area contributed by atoms with Gasteiger partial charge in [0, 0.05) is 0 Å². The molecule has 0 aliphatic heterocycles. The standard InChI is InChI=1S/C12H16NO4PSe/c1-13(2)7-6-9-8-19-11-5-3-4-10(12(9)11)17-18(14,15)16/h3-5,8H,6-7H2,1-2H3,(H2,14,15,16). The second-order valence-electron chi connectivity index (χ2n) is 4.66. The Morgan fingerprint density at radius 3 is 2.84 bits per heavy atom. The van der Waals surface area contributed by atoms with Crippen molar-refractivity contribution in [3.8, 4) is 5.75 Å². The van der Waals surface area contributed by atoms with Crippen LogP contribution in [0.1, 0.15) is 5.56 Å². The molecule has 1 heterocycles. The van der Waals surface area contributed by atoms with Gasteiger partial charge in [0.1, 0.15) is 0 Å². The second kappa shape index (κ2) is 5.80. The Bertz CT molecular complexity index is 619. The van der Waals surface area contributed by atoms with Crippen LogP contribution < -0.4 is 14.3 Å². The van der Waals surface area contributed by atoms with Gasteiger partial charge in [0.05, 0.1) is 0 Å². The predicted octanol–water partition coefficient (Wildman–Crippen LogP) is -0.577. The van der Waals surface area contributed by atoms with Gasteiger partial charge in [-0.1, -0.05) is 0 Å². The molecular formula is C12H16NO4PSe. The second-order valence-corrected chi connectivity index (χ2v) is 7.69. The Balaban J connectivity index is 2.40. The van der Waals surface area contributed by atoms with E-state index >= 15 is 0 Å². The van der Waals surface area contributed by atoms with E-state index in [1.807, 2.05) is 6.07 Å². The van der Waals surface area contributed by atoms with Crippen molar-refractivity contribution in [1.82, 2.24) is 0 Å². The maximum atomic E-state index is 10.9. The Labute approximate surface area is 117 Å². The number of phosphoric ester groups is 1. The van der Waals surface area contributed by atoms with E-state index in [4.69, 9.17) is 9.42 Å². The topological polar surface area (TPSA) is 74.0 Å². The number of quaternary nitrogens is 1. The number of fused-ring (bicyclic) bond motifs is 1. The molecular weight excluding hydrogens is 332 g/mol. The molecule has 104 valence electrons. The first-order chi connectivity index (χ1) is 8.87. The van der Waals surface area contributed by atoms with Crippen LogP contribution in [0.25, 0.3) is 9.65 Å². The van der Waals surface area contributed by atoms with Crippen LogP contribution in [-0.4, -0.2) is 40.0 Å². The fourth-order valence-corrected chi connectivity index (χ4v) is 4.41. The predicted molar refractivity (Wildman–Crippen MR) is 72.7 cm³/mol. The molecule has 0 fully saturated rings. The number of hydrogen-bond acceptors (Lipinski definition) is 3. The van der Waals surface area contributed by atoms with Gasteiger partial charge in [0.2, 0.25) is 0 Å². The Kier molecular flexibility index (Phi) is 4.51. The third-order valence-corrected chi connectivity index (χ3v) is 5.26. The molecule has 0 saturated heterocycles. The first-order valence-corrected chi connectivity index (χ1v) is 9.22. The zero-order valence-corrected chi connectivity index (χ0v) is 13.4. The van der Waals surface area contributed by atoms with E-state index in [1.54, 1.807) is 12.1 Å². The van der Waals surface area contributed by atoms with Crippen molar-refractivity contribution in [3.05, 3.63) is 28.7 Å². The van der Waals surface area contributed by atoms with Crippen LogP contribution in [0.3, 0.4) is 0 Å². The van der Waals surface area contributed by atoms with E-state index in [-0.39, 0.29) is 20.3 Å². The molecule has 1 aromatic carbocycles. The maximum absolute atomic E-state index is 10.9. The minimum atomic E-state index is -4.76. The number of rotatable bonds is 5. The van der Waals surface area contributed by atoms with Crippen molar-refractivity contribution in [3.63, 3.8) is 0 Å². The zero-order valence-electron chi connectivity index (χ0n) is 10.8. The van der Waals surface area contributed by atoms with E-state index in [0.717, 1.165) is 28.2 Å². The molecule has 7 heteroatoms.